The minimum absolute atomic E-state index is 0.0486. The first-order valence-electron chi connectivity index (χ1n) is 8.68. The van der Waals surface area contributed by atoms with Gasteiger partial charge in [0.15, 0.2) is 0 Å². The average Bonchev–Trinajstić information content (AvgIpc) is 2.63. The molecular formula is C18H21Cl2F3N2O3. The molecule has 2 amide bonds. The Balaban J connectivity index is 2.30. The summed E-state index contributed by atoms with van der Waals surface area (Å²) >= 11 is 12.1. The number of hydrogen-bond donors (Lipinski definition) is 1. The first kappa shape index (κ1) is 22.6. The molecule has 0 aromatic heterocycles. The molecule has 156 valence electrons. The van der Waals surface area contributed by atoms with E-state index < -0.39 is 18.0 Å². The molecule has 28 heavy (non-hydrogen) atoms. The van der Waals surface area contributed by atoms with Gasteiger partial charge in [-0.2, -0.15) is 13.2 Å². The fourth-order valence-electron chi connectivity index (χ4n) is 3.46. The first-order valence-corrected chi connectivity index (χ1v) is 9.43. The van der Waals surface area contributed by atoms with Crippen LogP contribution in [-0.2, 0) is 9.59 Å². The number of nitrogens with zero attached hydrogens (tertiary/aromatic N) is 1. The molecule has 1 aliphatic heterocycles. The fourth-order valence-corrected chi connectivity index (χ4v) is 3.79. The predicted molar refractivity (Wildman–Crippen MR) is 99.8 cm³/mol. The second-order valence-electron chi connectivity index (χ2n) is 6.67. The van der Waals surface area contributed by atoms with Crippen molar-refractivity contribution in [2.75, 3.05) is 26.7 Å². The van der Waals surface area contributed by atoms with Crippen molar-refractivity contribution in [3.63, 3.8) is 0 Å². The van der Waals surface area contributed by atoms with Crippen molar-refractivity contribution in [2.45, 2.75) is 31.9 Å². The Hall–Kier alpha value is -1.67. The van der Waals surface area contributed by atoms with Crippen LogP contribution in [0.3, 0.4) is 0 Å². The zero-order valence-electron chi connectivity index (χ0n) is 15.4. The molecule has 0 saturated carbocycles. The lowest BCUT2D eigenvalue weighted by atomic mass is 9.79. The largest absolute Gasteiger partial charge is 0.496 e. The van der Waals surface area contributed by atoms with Crippen molar-refractivity contribution < 1.29 is 27.5 Å². The van der Waals surface area contributed by atoms with Gasteiger partial charge in [0.05, 0.1) is 17.2 Å². The summed E-state index contributed by atoms with van der Waals surface area (Å²) in [4.78, 5) is 24.6. The maximum atomic E-state index is 12.6. The maximum absolute atomic E-state index is 12.6. The summed E-state index contributed by atoms with van der Waals surface area (Å²) in [6.07, 6.45) is -3.81. The Kier molecular flexibility index (Phi) is 7.45. The van der Waals surface area contributed by atoms with E-state index in [1.54, 1.807) is 11.0 Å². The van der Waals surface area contributed by atoms with E-state index in [9.17, 15) is 22.8 Å². The van der Waals surface area contributed by atoms with Crippen molar-refractivity contribution in [2.24, 2.45) is 5.92 Å². The Labute approximate surface area is 171 Å². The molecule has 0 radical (unpaired) electrons. The standard InChI is InChI=1S/C18H21Cl2F3N2O3/c1-10(26)25-5-3-11(4-6-25)13(9-24-17(27)18(21,22)23)12-7-14(19)15(20)8-16(12)28-2/h7-8,11,13H,3-6,9H2,1-2H3,(H,24,27). The highest BCUT2D eigenvalue weighted by atomic mass is 35.5. The molecule has 1 aromatic rings. The van der Waals surface area contributed by atoms with Crippen LogP contribution in [0.2, 0.25) is 10.0 Å². The molecule has 1 aromatic carbocycles. The van der Waals surface area contributed by atoms with Crippen LogP contribution in [0.15, 0.2) is 12.1 Å². The summed E-state index contributed by atoms with van der Waals surface area (Å²) in [7, 11) is 1.42. The molecular weight excluding hydrogens is 420 g/mol. The van der Waals surface area contributed by atoms with E-state index in [4.69, 9.17) is 27.9 Å². The van der Waals surface area contributed by atoms with E-state index in [1.165, 1.54) is 20.1 Å². The second kappa shape index (κ2) is 9.22. The van der Waals surface area contributed by atoms with Crippen molar-refractivity contribution in [3.8, 4) is 5.75 Å². The molecule has 0 aliphatic carbocycles. The smallest absolute Gasteiger partial charge is 0.471 e. The SMILES string of the molecule is COc1cc(Cl)c(Cl)cc1C(CNC(=O)C(F)(F)F)C1CCN(C(C)=O)CC1. The molecule has 5 nitrogen and oxygen atoms in total. The monoisotopic (exact) mass is 440 g/mol. The normalized spacial score (nSPS) is 16.6. The predicted octanol–water partition coefficient (Wildman–Crippen LogP) is 4.02. The number of alkyl halides is 3. The van der Waals surface area contributed by atoms with Crippen LogP contribution < -0.4 is 10.1 Å². The van der Waals surface area contributed by atoms with Gasteiger partial charge in [0.2, 0.25) is 5.91 Å². The highest BCUT2D eigenvalue weighted by Gasteiger charge is 2.39. The average molecular weight is 441 g/mol. The molecule has 1 saturated heterocycles. The van der Waals surface area contributed by atoms with Crippen molar-refractivity contribution in [1.29, 1.82) is 0 Å². The number of benzene rings is 1. The number of likely N-dealkylation sites (tertiary alicyclic amines) is 1. The third-order valence-corrected chi connectivity index (χ3v) is 5.69. The summed E-state index contributed by atoms with van der Waals surface area (Å²) in [5.74, 6) is -2.22. The maximum Gasteiger partial charge on any atom is 0.471 e. The van der Waals surface area contributed by atoms with E-state index in [-0.39, 0.29) is 28.4 Å². The number of amides is 2. The summed E-state index contributed by atoms with van der Waals surface area (Å²) in [5.41, 5.74) is 0.570. The Morgan fingerprint density at radius 2 is 1.82 bits per heavy atom. The number of carbonyl (C=O) groups is 2. The van der Waals surface area contributed by atoms with Gasteiger partial charge < -0.3 is 15.0 Å². The van der Waals surface area contributed by atoms with Crippen LogP contribution in [-0.4, -0.2) is 49.6 Å². The number of hydrogen-bond acceptors (Lipinski definition) is 3. The summed E-state index contributed by atoms with van der Waals surface area (Å²) in [6.45, 7) is 2.22. The van der Waals surface area contributed by atoms with Gasteiger partial charge >= 0.3 is 12.1 Å². The molecule has 1 aliphatic rings. The summed E-state index contributed by atoms with van der Waals surface area (Å²) in [6, 6.07) is 3.06. The first-order chi connectivity index (χ1) is 13.0. The summed E-state index contributed by atoms with van der Waals surface area (Å²) in [5, 5.41) is 2.46. The van der Waals surface area contributed by atoms with Gasteiger partial charge in [-0.25, -0.2) is 0 Å². The molecule has 0 spiro atoms. The molecule has 10 heteroatoms. The van der Waals surface area contributed by atoms with Gasteiger partial charge in [0.25, 0.3) is 0 Å². The topological polar surface area (TPSA) is 58.6 Å². The third-order valence-electron chi connectivity index (χ3n) is 4.97. The lowest BCUT2D eigenvalue weighted by molar-refractivity contribution is -0.173. The fraction of sp³-hybridized carbons (Fsp3) is 0.556. The van der Waals surface area contributed by atoms with Crippen LogP contribution in [0.5, 0.6) is 5.75 Å². The van der Waals surface area contributed by atoms with Crippen LogP contribution in [0.4, 0.5) is 13.2 Å². The number of ether oxygens (including phenoxy) is 1. The van der Waals surface area contributed by atoms with E-state index >= 15 is 0 Å². The molecule has 1 atom stereocenters. The number of methoxy groups -OCH3 is 1. The Morgan fingerprint density at radius 3 is 2.32 bits per heavy atom. The van der Waals surface area contributed by atoms with Gasteiger partial charge in [-0.3, -0.25) is 9.59 Å². The lowest BCUT2D eigenvalue weighted by Crippen LogP contribution is -2.43. The zero-order valence-corrected chi connectivity index (χ0v) is 16.9. The molecule has 1 heterocycles. The third kappa shape index (κ3) is 5.44. The van der Waals surface area contributed by atoms with Gasteiger partial charge in [-0.1, -0.05) is 23.2 Å². The zero-order chi connectivity index (χ0) is 21.1. The second-order valence-corrected chi connectivity index (χ2v) is 7.48. The van der Waals surface area contributed by atoms with E-state index in [0.29, 0.717) is 37.2 Å². The number of piperidine rings is 1. The molecule has 1 N–H and O–H groups in total. The molecule has 1 unspecified atom stereocenters. The number of carbonyl (C=O) groups excluding carboxylic acids is 2. The van der Waals surface area contributed by atoms with Crippen LogP contribution >= 0.6 is 23.2 Å². The summed E-state index contributed by atoms with van der Waals surface area (Å²) < 4.78 is 43.2. The van der Waals surface area contributed by atoms with Crippen molar-refractivity contribution in [1.82, 2.24) is 10.2 Å². The van der Waals surface area contributed by atoms with Crippen molar-refractivity contribution in [3.05, 3.63) is 27.7 Å². The highest BCUT2D eigenvalue weighted by Crippen LogP contribution is 2.40. The van der Waals surface area contributed by atoms with Gasteiger partial charge in [-0.05, 0) is 24.8 Å². The van der Waals surface area contributed by atoms with Gasteiger partial charge in [0.1, 0.15) is 5.75 Å². The number of rotatable bonds is 5. The van der Waals surface area contributed by atoms with E-state index in [0.717, 1.165) is 0 Å². The molecule has 1 fully saturated rings. The van der Waals surface area contributed by atoms with E-state index in [2.05, 4.69) is 0 Å². The number of nitrogens with one attached hydrogen (secondary N) is 1. The minimum Gasteiger partial charge on any atom is -0.496 e. The van der Waals surface area contributed by atoms with Gasteiger partial charge in [-0.15, -0.1) is 0 Å². The minimum atomic E-state index is -4.97. The molecule has 2 rings (SSSR count). The van der Waals surface area contributed by atoms with Crippen LogP contribution in [0, 0.1) is 5.92 Å². The van der Waals surface area contributed by atoms with Crippen LogP contribution in [0.1, 0.15) is 31.2 Å². The highest BCUT2D eigenvalue weighted by molar-refractivity contribution is 6.42. The van der Waals surface area contributed by atoms with Crippen LogP contribution in [0.25, 0.3) is 0 Å². The lowest BCUT2D eigenvalue weighted by Gasteiger charge is -2.36. The Bertz CT molecular complexity index is 736. The quantitative estimate of drug-likeness (QED) is 0.751. The Morgan fingerprint density at radius 1 is 1.25 bits per heavy atom. The van der Waals surface area contributed by atoms with E-state index in [1.807, 2.05) is 5.32 Å². The number of halogens is 5. The molecule has 0 bridgehead atoms. The van der Waals surface area contributed by atoms with Gasteiger partial charge in [0, 0.05) is 44.1 Å². The van der Waals surface area contributed by atoms with Crippen molar-refractivity contribution >= 4 is 35.0 Å².